The molecule has 2 fully saturated rings. The summed E-state index contributed by atoms with van der Waals surface area (Å²) < 4.78 is 11.2. The molecule has 0 aromatic rings. The lowest BCUT2D eigenvalue weighted by Gasteiger charge is -2.41. The second-order valence-electron chi connectivity index (χ2n) is 7.42. The van der Waals surface area contributed by atoms with Crippen molar-refractivity contribution in [2.75, 3.05) is 53.0 Å². The molecule has 0 amide bonds. The number of piperidine rings is 1. The van der Waals surface area contributed by atoms with Gasteiger partial charge in [-0.25, -0.2) is 0 Å². The highest BCUT2D eigenvalue weighted by Gasteiger charge is 2.27. The molecule has 2 N–H and O–H groups in total. The third kappa shape index (κ3) is 8.41. The second-order valence-corrected chi connectivity index (χ2v) is 7.42. The SMILES string of the molecule is CN=C(NCCOCC1CCCO1)NCC(C)(C)N1CCCCC1.I. The summed E-state index contributed by atoms with van der Waals surface area (Å²) in [7, 11) is 1.82. The summed E-state index contributed by atoms with van der Waals surface area (Å²) in [5.74, 6) is 0.848. The van der Waals surface area contributed by atoms with Crippen molar-refractivity contribution in [1.82, 2.24) is 15.5 Å². The van der Waals surface area contributed by atoms with E-state index in [0.29, 0.717) is 19.3 Å². The van der Waals surface area contributed by atoms with Crippen LogP contribution in [0.2, 0.25) is 0 Å². The van der Waals surface area contributed by atoms with Crippen LogP contribution in [0, 0.1) is 0 Å². The number of hydrogen-bond donors (Lipinski definition) is 2. The lowest BCUT2D eigenvalue weighted by Crippen LogP contribution is -2.55. The molecule has 6 nitrogen and oxygen atoms in total. The number of ether oxygens (including phenoxy) is 2. The van der Waals surface area contributed by atoms with Gasteiger partial charge in [-0.05, 0) is 52.6 Å². The zero-order chi connectivity index (χ0) is 17.3. The second kappa shape index (κ2) is 12.3. The van der Waals surface area contributed by atoms with Crippen LogP contribution in [-0.2, 0) is 9.47 Å². The Labute approximate surface area is 170 Å². The van der Waals surface area contributed by atoms with Crippen LogP contribution < -0.4 is 10.6 Å². The van der Waals surface area contributed by atoms with Crippen LogP contribution in [0.15, 0.2) is 4.99 Å². The summed E-state index contributed by atoms with van der Waals surface area (Å²) in [6.07, 6.45) is 6.59. The summed E-state index contributed by atoms with van der Waals surface area (Å²) in [5, 5.41) is 6.78. The molecule has 0 spiro atoms. The van der Waals surface area contributed by atoms with Gasteiger partial charge in [0.25, 0.3) is 0 Å². The minimum atomic E-state index is 0. The summed E-state index contributed by atoms with van der Waals surface area (Å²) in [6.45, 7) is 10.9. The van der Waals surface area contributed by atoms with Gasteiger partial charge < -0.3 is 20.1 Å². The van der Waals surface area contributed by atoms with E-state index in [1.54, 1.807) is 0 Å². The van der Waals surface area contributed by atoms with E-state index in [1.165, 1.54) is 32.4 Å². The Morgan fingerprint density at radius 1 is 1.20 bits per heavy atom. The van der Waals surface area contributed by atoms with E-state index in [-0.39, 0.29) is 29.5 Å². The first kappa shape index (κ1) is 22.9. The Hall–Kier alpha value is -0.120. The Morgan fingerprint density at radius 3 is 2.60 bits per heavy atom. The molecule has 0 radical (unpaired) electrons. The van der Waals surface area contributed by atoms with E-state index >= 15 is 0 Å². The lowest BCUT2D eigenvalue weighted by molar-refractivity contribution is 0.0191. The summed E-state index contributed by atoms with van der Waals surface area (Å²) >= 11 is 0. The zero-order valence-corrected chi connectivity index (χ0v) is 18.5. The number of hydrogen-bond acceptors (Lipinski definition) is 4. The highest BCUT2D eigenvalue weighted by atomic mass is 127. The maximum atomic E-state index is 5.67. The molecule has 2 heterocycles. The van der Waals surface area contributed by atoms with E-state index in [1.807, 2.05) is 7.05 Å². The minimum Gasteiger partial charge on any atom is -0.377 e. The average molecular weight is 468 g/mol. The smallest absolute Gasteiger partial charge is 0.191 e. The molecule has 2 saturated heterocycles. The Morgan fingerprint density at radius 2 is 1.96 bits per heavy atom. The van der Waals surface area contributed by atoms with Crippen molar-refractivity contribution in [1.29, 1.82) is 0 Å². The number of aliphatic imine (C=N–C) groups is 1. The van der Waals surface area contributed by atoms with Gasteiger partial charge in [-0.1, -0.05) is 6.42 Å². The van der Waals surface area contributed by atoms with Crippen LogP contribution in [0.3, 0.4) is 0 Å². The minimum absolute atomic E-state index is 0. The monoisotopic (exact) mass is 468 g/mol. The number of guanidine groups is 1. The Bertz CT molecular complexity index is 381. The molecule has 0 aromatic heterocycles. The Balaban J connectivity index is 0.00000312. The van der Waals surface area contributed by atoms with Gasteiger partial charge in [0.1, 0.15) is 0 Å². The van der Waals surface area contributed by atoms with Crippen molar-refractivity contribution in [2.24, 2.45) is 4.99 Å². The number of halogens is 1. The van der Waals surface area contributed by atoms with Gasteiger partial charge in [-0.3, -0.25) is 9.89 Å². The highest BCUT2D eigenvalue weighted by molar-refractivity contribution is 14.0. The van der Waals surface area contributed by atoms with E-state index in [2.05, 4.69) is 34.4 Å². The van der Waals surface area contributed by atoms with Crippen molar-refractivity contribution in [3.8, 4) is 0 Å². The molecular formula is C18H37IN4O2. The maximum absolute atomic E-state index is 5.67. The topological polar surface area (TPSA) is 58.1 Å². The fourth-order valence-electron chi connectivity index (χ4n) is 3.36. The van der Waals surface area contributed by atoms with E-state index in [0.717, 1.165) is 38.5 Å². The zero-order valence-electron chi connectivity index (χ0n) is 16.2. The molecule has 1 atom stereocenters. The van der Waals surface area contributed by atoms with Crippen LogP contribution in [0.1, 0.15) is 46.0 Å². The predicted octanol–water partition coefficient (Wildman–Crippen LogP) is 2.23. The summed E-state index contributed by atoms with van der Waals surface area (Å²) in [5.41, 5.74) is 0.147. The molecule has 1 unspecified atom stereocenters. The third-order valence-electron chi connectivity index (χ3n) is 4.99. The first-order valence-electron chi connectivity index (χ1n) is 9.51. The van der Waals surface area contributed by atoms with Crippen LogP contribution in [-0.4, -0.2) is 75.5 Å². The molecule has 7 heteroatoms. The molecule has 25 heavy (non-hydrogen) atoms. The normalized spacial score (nSPS) is 22.5. The van der Waals surface area contributed by atoms with Crippen LogP contribution >= 0.6 is 24.0 Å². The molecule has 0 aromatic carbocycles. The van der Waals surface area contributed by atoms with Gasteiger partial charge in [0.15, 0.2) is 5.96 Å². The molecule has 2 aliphatic rings. The molecule has 2 aliphatic heterocycles. The summed E-state index contributed by atoms with van der Waals surface area (Å²) in [6, 6.07) is 0. The first-order chi connectivity index (χ1) is 11.6. The molecular weight excluding hydrogens is 431 g/mol. The van der Waals surface area contributed by atoms with Crippen molar-refractivity contribution in [2.45, 2.75) is 57.6 Å². The largest absolute Gasteiger partial charge is 0.377 e. The van der Waals surface area contributed by atoms with Gasteiger partial charge in [0.05, 0.1) is 19.3 Å². The van der Waals surface area contributed by atoms with Gasteiger partial charge in [0.2, 0.25) is 0 Å². The summed E-state index contributed by atoms with van der Waals surface area (Å²) in [4.78, 5) is 6.89. The number of nitrogens with zero attached hydrogens (tertiary/aromatic N) is 2. The quantitative estimate of drug-likeness (QED) is 0.248. The van der Waals surface area contributed by atoms with Crippen LogP contribution in [0.25, 0.3) is 0 Å². The first-order valence-corrected chi connectivity index (χ1v) is 9.51. The fraction of sp³-hybridized carbons (Fsp3) is 0.944. The number of rotatable bonds is 8. The van der Waals surface area contributed by atoms with Crippen LogP contribution in [0.4, 0.5) is 0 Å². The van der Waals surface area contributed by atoms with Gasteiger partial charge in [-0.2, -0.15) is 0 Å². The van der Waals surface area contributed by atoms with Crippen LogP contribution in [0.5, 0.6) is 0 Å². The highest BCUT2D eigenvalue weighted by Crippen LogP contribution is 2.19. The third-order valence-corrected chi connectivity index (χ3v) is 4.99. The van der Waals surface area contributed by atoms with E-state index in [9.17, 15) is 0 Å². The fourth-order valence-corrected chi connectivity index (χ4v) is 3.36. The molecule has 0 bridgehead atoms. The van der Waals surface area contributed by atoms with Crippen molar-refractivity contribution >= 4 is 29.9 Å². The van der Waals surface area contributed by atoms with Gasteiger partial charge in [-0.15, -0.1) is 24.0 Å². The maximum Gasteiger partial charge on any atom is 0.191 e. The van der Waals surface area contributed by atoms with Crippen molar-refractivity contribution in [3.63, 3.8) is 0 Å². The molecule has 2 rings (SSSR count). The van der Waals surface area contributed by atoms with E-state index < -0.39 is 0 Å². The number of likely N-dealkylation sites (tertiary alicyclic amines) is 1. The Kier molecular flexibility index (Phi) is 11.3. The van der Waals surface area contributed by atoms with Crippen molar-refractivity contribution < 1.29 is 9.47 Å². The lowest BCUT2D eigenvalue weighted by atomic mass is 9.98. The molecule has 0 aliphatic carbocycles. The predicted molar refractivity (Wildman–Crippen MR) is 114 cm³/mol. The number of nitrogens with one attached hydrogen (secondary N) is 2. The van der Waals surface area contributed by atoms with Gasteiger partial charge >= 0.3 is 0 Å². The van der Waals surface area contributed by atoms with E-state index in [4.69, 9.17) is 9.47 Å². The molecule has 148 valence electrons. The standard InChI is InChI=1S/C18H36N4O2.HI/c1-18(2,22-10-5-4-6-11-22)15-21-17(19-3)20-9-13-23-14-16-8-7-12-24-16;/h16H,4-15H2,1-3H3,(H2,19,20,21);1H. The molecule has 0 saturated carbocycles. The van der Waals surface area contributed by atoms with Gasteiger partial charge in [0, 0.05) is 32.3 Å². The van der Waals surface area contributed by atoms with Crippen molar-refractivity contribution in [3.05, 3.63) is 0 Å². The average Bonchev–Trinajstić information content (AvgIpc) is 3.11.